The Morgan fingerprint density at radius 3 is 1.89 bits per heavy atom. The molecule has 92 valence electrons. The van der Waals surface area contributed by atoms with Gasteiger partial charge in [-0.05, 0) is 11.1 Å². The molecule has 0 amide bonds. The molecular formula is C16H16O2. The first-order valence-electron chi connectivity index (χ1n) is 6.02. The zero-order chi connectivity index (χ0) is 12.8. The third-order valence-electron chi connectivity index (χ3n) is 3.11. The summed E-state index contributed by atoms with van der Waals surface area (Å²) in [6, 6.07) is 19.9. The predicted molar refractivity (Wildman–Crippen MR) is 71.2 cm³/mol. The molecule has 0 unspecified atom stereocenters. The Labute approximate surface area is 107 Å². The lowest BCUT2D eigenvalue weighted by atomic mass is 9.91. The molecule has 0 spiro atoms. The van der Waals surface area contributed by atoms with Crippen molar-refractivity contribution < 1.29 is 9.53 Å². The zero-order valence-corrected chi connectivity index (χ0v) is 10.3. The first kappa shape index (κ1) is 12.4. The summed E-state index contributed by atoms with van der Waals surface area (Å²) in [6.45, 7) is 2.59. The highest BCUT2D eigenvalue weighted by Gasteiger charge is 2.21. The van der Waals surface area contributed by atoms with Crippen molar-refractivity contribution in [3.8, 4) is 0 Å². The molecule has 0 radical (unpaired) electrons. The van der Waals surface area contributed by atoms with Gasteiger partial charge in [0.1, 0.15) is 6.10 Å². The quantitative estimate of drug-likeness (QED) is 0.745. The molecule has 2 heteroatoms. The van der Waals surface area contributed by atoms with Crippen LogP contribution in [-0.2, 0) is 9.53 Å². The first-order chi connectivity index (χ1) is 8.83. The maximum absolute atomic E-state index is 10.7. The van der Waals surface area contributed by atoms with E-state index in [2.05, 4.69) is 19.1 Å². The van der Waals surface area contributed by atoms with E-state index >= 15 is 0 Å². The van der Waals surface area contributed by atoms with Crippen LogP contribution in [0, 0.1) is 0 Å². The Bertz CT molecular complexity index is 479. The van der Waals surface area contributed by atoms with E-state index in [1.165, 1.54) is 0 Å². The van der Waals surface area contributed by atoms with Crippen LogP contribution in [0.5, 0.6) is 0 Å². The highest BCUT2D eigenvalue weighted by molar-refractivity contribution is 5.40. The molecule has 0 bridgehead atoms. The van der Waals surface area contributed by atoms with Crippen LogP contribution in [-0.4, -0.2) is 6.47 Å². The molecule has 2 atom stereocenters. The van der Waals surface area contributed by atoms with Crippen LogP contribution in [0.1, 0.15) is 30.1 Å². The molecule has 2 nitrogen and oxygen atoms in total. The van der Waals surface area contributed by atoms with Gasteiger partial charge >= 0.3 is 0 Å². The average Bonchev–Trinajstić information content (AvgIpc) is 2.46. The third kappa shape index (κ3) is 2.77. The second kappa shape index (κ2) is 6.01. The largest absolute Gasteiger partial charge is 0.459 e. The monoisotopic (exact) mass is 240 g/mol. The summed E-state index contributed by atoms with van der Waals surface area (Å²) in [4.78, 5) is 10.7. The molecule has 0 saturated carbocycles. The van der Waals surface area contributed by atoms with Gasteiger partial charge in [0.2, 0.25) is 0 Å². The lowest BCUT2D eigenvalue weighted by Crippen LogP contribution is -2.11. The minimum Gasteiger partial charge on any atom is -0.459 e. The van der Waals surface area contributed by atoms with Crippen LogP contribution < -0.4 is 0 Å². The van der Waals surface area contributed by atoms with E-state index in [1.54, 1.807) is 0 Å². The summed E-state index contributed by atoms with van der Waals surface area (Å²) in [5, 5.41) is 0. The molecule has 0 heterocycles. The standard InChI is InChI=1S/C16H16O2/c1-13(14-8-4-2-5-9-14)16(18-12-17)15-10-6-3-7-11-15/h2-13,16H,1H3/t13-,16-/m1/s1. The maximum Gasteiger partial charge on any atom is 0.293 e. The van der Waals surface area contributed by atoms with Crippen LogP contribution in [0.25, 0.3) is 0 Å². The van der Waals surface area contributed by atoms with Crippen molar-refractivity contribution in [2.75, 3.05) is 0 Å². The van der Waals surface area contributed by atoms with Gasteiger partial charge in [0, 0.05) is 5.92 Å². The topological polar surface area (TPSA) is 26.3 Å². The van der Waals surface area contributed by atoms with Crippen LogP contribution >= 0.6 is 0 Å². The van der Waals surface area contributed by atoms with Crippen molar-refractivity contribution in [2.45, 2.75) is 18.9 Å². The van der Waals surface area contributed by atoms with Gasteiger partial charge in [-0.1, -0.05) is 67.6 Å². The number of benzene rings is 2. The molecule has 0 saturated heterocycles. The molecule has 0 aliphatic carbocycles. The lowest BCUT2D eigenvalue weighted by Gasteiger charge is -2.23. The van der Waals surface area contributed by atoms with E-state index in [1.807, 2.05) is 48.5 Å². The second-order valence-electron chi connectivity index (χ2n) is 4.26. The van der Waals surface area contributed by atoms with Gasteiger partial charge in [-0.3, -0.25) is 4.79 Å². The van der Waals surface area contributed by atoms with E-state index in [0.717, 1.165) is 11.1 Å². The van der Waals surface area contributed by atoms with Crippen molar-refractivity contribution in [2.24, 2.45) is 0 Å². The molecule has 18 heavy (non-hydrogen) atoms. The summed E-state index contributed by atoms with van der Waals surface area (Å²) < 4.78 is 5.26. The molecule has 0 aliphatic rings. The minimum atomic E-state index is -0.244. The fraction of sp³-hybridized carbons (Fsp3) is 0.188. The normalized spacial score (nSPS) is 13.6. The SMILES string of the molecule is C[C@H](c1ccccc1)[C@@H](OC=O)c1ccccc1. The van der Waals surface area contributed by atoms with E-state index in [-0.39, 0.29) is 12.0 Å². The first-order valence-corrected chi connectivity index (χ1v) is 6.02. The highest BCUT2D eigenvalue weighted by atomic mass is 16.5. The van der Waals surface area contributed by atoms with E-state index in [9.17, 15) is 4.79 Å². The van der Waals surface area contributed by atoms with Crippen LogP contribution in [0.4, 0.5) is 0 Å². The van der Waals surface area contributed by atoms with Crippen molar-refractivity contribution in [1.29, 1.82) is 0 Å². The Morgan fingerprint density at radius 1 is 0.889 bits per heavy atom. The summed E-state index contributed by atoms with van der Waals surface area (Å²) >= 11 is 0. The molecule has 2 aromatic carbocycles. The van der Waals surface area contributed by atoms with Gasteiger partial charge in [-0.2, -0.15) is 0 Å². The number of carbonyl (C=O) groups is 1. The number of rotatable bonds is 5. The third-order valence-corrected chi connectivity index (χ3v) is 3.11. The summed E-state index contributed by atoms with van der Waals surface area (Å²) in [6.07, 6.45) is -0.244. The molecule has 0 aliphatic heterocycles. The van der Waals surface area contributed by atoms with Crippen molar-refractivity contribution in [3.05, 3.63) is 71.8 Å². The van der Waals surface area contributed by atoms with Crippen molar-refractivity contribution in [1.82, 2.24) is 0 Å². The smallest absolute Gasteiger partial charge is 0.293 e. The molecule has 2 rings (SSSR count). The number of ether oxygens (including phenoxy) is 1. The van der Waals surface area contributed by atoms with Crippen LogP contribution in [0.15, 0.2) is 60.7 Å². The summed E-state index contributed by atoms with van der Waals surface area (Å²) in [5.41, 5.74) is 2.18. The summed E-state index contributed by atoms with van der Waals surface area (Å²) in [7, 11) is 0. The van der Waals surface area contributed by atoms with Crippen LogP contribution in [0.2, 0.25) is 0 Å². The minimum absolute atomic E-state index is 0.124. The van der Waals surface area contributed by atoms with Gasteiger partial charge in [0.15, 0.2) is 0 Å². The average molecular weight is 240 g/mol. The molecule has 0 aromatic heterocycles. The van der Waals surface area contributed by atoms with Crippen LogP contribution in [0.3, 0.4) is 0 Å². The predicted octanol–water partition coefficient (Wildman–Crippen LogP) is 3.70. The van der Waals surface area contributed by atoms with E-state index in [0.29, 0.717) is 6.47 Å². The lowest BCUT2D eigenvalue weighted by molar-refractivity contribution is -0.134. The van der Waals surface area contributed by atoms with Gasteiger partial charge in [-0.15, -0.1) is 0 Å². The van der Waals surface area contributed by atoms with E-state index in [4.69, 9.17) is 4.74 Å². The van der Waals surface area contributed by atoms with Gasteiger partial charge in [0.25, 0.3) is 6.47 Å². The van der Waals surface area contributed by atoms with Gasteiger partial charge < -0.3 is 4.74 Å². The number of carbonyl (C=O) groups excluding carboxylic acids is 1. The Morgan fingerprint density at radius 2 is 1.39 bits per heavy atom. The molecular weight excluding hydrogens is 224 g/mol. The van der Waals surface area contributed by atoms with E-state index < -0.39 is 0 Å². The number of hydrogen-bond acceptors (Lipinski definition) is 2. The number of hydrogen-bond donors (Lipinski definition) is 0. The van der Waals surface area contributed by atoms with Gasteiger partial charge in [-0.25, -0.2) is 0 Å². The van der Waals surface area contributed by atoms with Crippen molar-refractivity contribution >= 4 is 6.47 Å². The zero-order valence-electron chi connectivity index (χ0n) is 10.3. The fourth-order valence-electron chi connectivity index (χ4n) is 2.12. The Hall–Kier alpha value is -2.09. The Kier molecular flexibility index (Phi) is 4.13. The van der Waals surface area contributed by atoms with Crippen molar-refractivity contribution in [3.63, 3.8) is 0 Å². The maximum atomic E-state index is 10.7. The second-order valence-corrected chi connectivity index (χ2v) is 4.26. The Balaban J connectivity index is 2.28. The fourth-order valence-corrected chi connectivity index (χ4v) is 2.12. The molecule has 2 aromatic rings. The molecule has 0 fully saturated rings. The molecule has 0 N–H and O–H groups in total. The summed E-state index contributed by atoms with van der Waals surface area (Å²) in [5.74, 6) is 0.124. The highest BCUT2D eigenvalue weighted by Crippen LogP contribution is 2.32. The van der Waals surface area contributed by atoms with Gasteiger partial charge in [0.05, 0.1) is 0 Å².